The second kappa shape index (κ2) is 7.91. The number of aliphatic carboxylic acids is 1. The van der Waals surface area contributed by atoms with Crippen LogP contribution in [0, 0.1) is 11.8 Å². The quantitative estimate of drug-likeness (QED) is 0.312. The van der Waals surface area contributed by atoms with E-state index in [2.05, 4.69) is 5.32 Å². The second-order valence-electron chi connectivity index (χ2n) is 6.28. The van der Waals surface area contributed by atoms with Crippen molar-refractivity contribution in [2.75, 3.05) is 6.54 Å². The van der Waals surface area contributed by atoms with E-state index in [-0.39, 0.29) is 37.0 Å². The monoisotopic (exact) mass is 315 g/mol. The lowest BCUT2D eigenvalue weighted by molar-refractivity contribution is -0.148. The van der Waals surface area contributed by atoms with Gasteiger partial charge in [0.1, 0.15) is 5.54 Å². The van der Waals surface area contributed by atoms with Crippen LogP contribution in [0.15, 0.2) is 0 Å². The molecule has 8 nitrogen and oxygen atoms in total. The largest absolute Gasteiger partial charge is 0.480 e. The van der Waals surface area contributed by atoms with Crippen LogP contribution < -0.4 is 16.8 Å². The van der Waals surface area contributed by atoms with E-state index >= 15 is 0 Å². The zero-order valence-corrected chi connectivity index (χ0v) is 12.9. The number of nitrogens with one attached hydrogen (secondary N) is 1. The van der Waals surface area contributed by atoms with Gasteiger partial charge >= 0.3 is 13.1 Å². The van der Waals surface area contributed by atoms with Crippen molar-refractivity contribution in [2.45, 2.75) is 50.5 Å². The summed E-state index contributed by atoms with van der Waals surface area (Å²) < 4.78 is 0. The van der Waals surface area contributed by atoms with Gasteiger partial charge in [-0.1, -0.05) is 6.42 Å². The van der Waals surface area contributed by atoms with E-state index in [0.717, 1.165) is 6.42 Å². The molecule has 1 saturated carbocycles. The molecule has 1 aliphatic rings. The van der Waals surface area contributed by atoms with E-state index in [4.69, 9.17) is 21.5 Å². The molecule has 0 aromatic rings. The predicted molar refractivity (Wildman–Crippen MR) is 81.7 cm³/mol. The number of carbonyl (C=O) groups is 2. The summed E-state index contributed by atoms with van der Waals surface area (Å²) in [4.78, 5) is 23.1. The lowest BCUT2D eigenvalue weighted by Crippen LogP contribution is -2.60. The third-order valence-electron chi connectivity index (χ3n) is 4.45. The minimum atomic E-state index is -1.42. The van der Waals surface area contributed by atoms with E-state index in [1.165, 1.54) is 0 Å². The average molecular weight is 315 g/mol. The van der Waals surface area contributed by atoms with Crippen molar-refractivity contribution >= 4 is 19.0 Å². The van der Waals surface area contributed by atoms with Crippen molar-refractivity contribution in [2.24, 2.45) is 23.3 Å². The first-order valence-electron chi connectivity index (χ1n) is 7.58. The van der Waals surface area contributed by atoms with Crippen molar-refractivity contribution in [1.29, 1.82) is 0 Å². The van der Waals surface area contributed by atoms with Crippen molar-refractivity contribution in [3.63, 3.8) is 0 Å². The molecular formula is C13H26BN3O5. The number of carbonyl (C=O) groups excluding carboxylic acids is 1. The lowest BCUT2D eigenvalue weighted by Gasteiger charge is -2.41. The molecule has 1 aliphatic carbocycles. The molecule has 0 saturated heterocycles. The van der Waals surface area contributed by atoms with Crippen LogP contribution in [-0.4, -0.2) is 52.3 Å². The van der Waals surface area contributed by atoms with Gasteiger partial charge in [0.2, 0.25) is 5.91 Å². The first kappa shape index (κ1) is 18.9. The molecule has 1 rings (SSSR count). The molecule has 0 spiro atoms. The summed E-state index contributed by atoms with van der Waals surface area (Å²) in [6.07, 6.45) is 2.29. The van der Waals surface area contributed by atoms with Crippen LogP contribution in [0.3, 0.4) is 0 Å². The Bertz CT molecular complexity index is 407. The maximum atomic E-state index is 11.6. The fraction of sp³-hybridized carbons (Fsp3) is 0.846. The molecule has 0 heterocycles. The summed E-state index contributed by atoms with van der Waals surface area (Å²) in [5.74, 6) is -1.77. The Hall–Kier alpha value is -1.16. The first-order chi connectivity index (χ1) is 10.2. The number of carboxylic acid groups (broad SMARTS) is 1. The van der Waals surface area contributed by atoms with E-state index in [0.29, 0.717) is 12.8 Å². The molecule has 9 heteroatoms. The Morgan fingerprint density at radius 1 is 1.41 bits per heavy atom. The maximum Gasteiger partial charge on any atom is 0.451 e. The molecule has 8 N–H and O–H groups in total. The number of hydrogen-bond acceptors (Lipinski definition) is 6. The molecular weight excluding hydrogens is 289 g/mol. The van der Waals surface area contributed by atoms with Crippen LogP contribution in [0.5, 0.6) is 0 Å². The van der Waals surface area contributed by atoms with Gasteiger partial charge in [-0.3, -0.25) is 9.59 Å². The smallest absolute Gasteiger partial charge is 0.451 e. The minimum Gasteiger partial charge on any atom is -0.480 e. The fourth-order valence-electron chi connectivity index (χ4n) is 3.00. The van der Waals surface area contributed by atoms with Gasteiger partial charge in [-0.2, -0.15) is 0 Å². The van der Waals surface area contributed by atoms with Gasteiger partial charge in [-0.15, -0.1) is 0 Å². The molecule has 0 bridgehead atoms. The molecule has 1 fully saturated rings. The SMILES string of the molecule is C[C@H](N)C(=O)NC[C@@H]1CC[C@@H](CCB(O)O)C[C@]1(N)C(=O)O. The topological polar surface area (TPSA) is 159 Å². The Kier molecular flexibility index (Phi) is 6.79. The number of nitrogens with two attached hydrogens (primary N) is 2. The fourth-order valence-corrected chi connectivity index (χ4v) is 3.00. The van der Waals surface area contributed by atoms with Gasteiger partial charge in [-0.25, -0.2) is 0 Å². The Labute approximate surface area is 130 Å². The molecule has 0 aromatic heterocycles. The third-order valence-corrected chi connectivity index (χ3v) is 4.45. The summed E-state index contributed by atoms with van der Waals surface area (Å²) in [6, 6.07) is -0.653. The normalized spacial score (nSPS) is 29.7. The minimum absolute atomic E-state index is 0.0308. The van der Waals surface area contributed by atoms with E-state index < -0.39 is 24.7 Å². The van der Waals surface area contributed by atoms with Gasteiger partial charge < -0.3 is 31.9 Å². The highest BCUT2D eigenvalue weighted by molar-refractivity contribution is 6.40. The van der Waals surface area contributed by atoms with Gasteiger partial charge in [-0.05, 0) is 38.4 Å². The Morgan fingerprint density at radius 3 is 2.55 bits per heavy atom. The lowest BCUT2D eigenvalue weighted by atomic mass is 9.66. The van der Waals surface area contributed by atoms with Crippen LogP contribution in [0.1, 0.15) is 32.6 Å². The number of amides is 1. The maximum absolute atomic E-state index is 11.6. The molecule has 0 aromatic carbocycles. The standard InChI is InChI=1S/C13H26BN3O5/c1-8(15)11(18)17-7-10-3-2-9(4-5-14(21)22)6-13(10,16)12(19)20/h8-10,21-22H,2-7,15-16H2,1H3,(H,17,18)(H,19,20)/t8-,9-,10-,13+/m0/s1. The zero-order valence-electron chi connectivity index (χ0n) is 12.9. The van der Waals surface area contributed by atoms with Crippen molar-refractivity contribution in [1.82, 2.24) is 5.32 Å². The Morgan fingerprint density at radius 2 is 2.05 bits per heavy atom. The third kappa shape index (κ3) is 4.94. The average Bonchev–Trinajstić information content (AvgIpc) is 2.43. The second-order valence-corrected chi connectivity index (χ2v) is 6.28. The van der Waals surface area contributed by atoms with Crippen LogP contribution in [0.4, 0.5) is 0 Å². The molecule has 0 radical (unpaired) electrons. The van der Waals surface area contributed by atoms with Gasteiger partial charge in [0, 0.05) is 12.5 Å². The predicted octanol–water partition coefficient (Wildman–Crippen LogP) is -1.49. The van der Waals surface area contributed by atoms with E-state index in [1.54, 1.807) is 6.92 Å². The summed E-state index contributed by atoms with van der Waals surface area (Å²) in [7, 11) is -1.39. The Balaban J connectivity index is 2.67. The number of carboxylic acids is 1. The highest BCUT2D eigenvalue weighted by Gasteiger charge is 2.46. The van der Waals surface area contributed by atoms with Crippen molar-refractivity contribution in [3.8, 4) is 0 Å². The van der Waals surface area contributed by atoms with Gasteiger partial charge in [0.25, 0.3) is 0 Å². The van der Waals surface area contributed by atoms with E-state index in [1.807, 2.05) is 0 Å². The zero-order chi connectivity index (χ0) is 16.9. The summed E-state index contributed by atoms with van der Waals surface area (Å²) >= 11 is 0. The first-order valence-corrected chi connectivity index (χ1v) is 7.58. The van der Waals surface area contributed by atoms with Crippen molar-refractivity contribution < 1.29 is 24.7 Å². The molecule has 4 atom stereocenters. The van der Waals surface area contributed by atoms with Crippen LogP contribution >= 0.6 is 0 Å². The van der Waals surface area contributed by atoms with Crippen LogP contribution in [-0.2, 0) is 9.59 Å². The molecule has 0 unspecified atom stereocenters. The molecule has 0 aliphatic heterocycles. The van der Waals surface area contributed by atoms with E-state index in [9.17, 15) is 14.7 Å². The summed E-state index contributed by atoms with van der Waals surface area (Å²) in [5.41, 5.74) is 10.1. The summed E-state index contributed by atoms with van der Waals surface area (Å²) in [6.45, 7) is 1.73. The highest BCUT2D eigenvalue weighted by atomic mass is 16.4. The molecule has 1 amide bonds. The van der Waals surface area contributed by atoms with Crippen molar-refractivity contribution in [3.05, 3.63) is 0 Å². The van der Waals surface area contributed by atoms with Crippen LogP contribution in [0.25, 0.3) is 0 Å². The number of hydrogen-bond donors (Lipinski definition) is 6. The summed E-state index contributed by atoms with van der Waals surface area (Å²) in [5, 5.41) is 30.0. The van der Waals surface area contributed by atoms with Gasteiger partial charge in [0.05, 0.1) is 6.04 Å². The molecule has 22 heavy (non-hydrogen) atoms. The number of rotatable bonds is 7. The van der Waals surface area contributed by atoms with Gasteiger partial charge in [0.15, 0.2) is 0 Å². The molecule has 126 valence electrons. The highest BCUT2D eigenvalue weighted by Crippen LogP contribution is 2.37. The van der Waals surface area contributed by atoms with Crippen LogP contribution in [0.2, 0.25) is 6.32 Å².